The zero-order chi connectivity index (χ0) is 27.8. The fourth-order valence-electron chi connectivity index (χ4n) is 5.93. The third-order valence-corrected chi connectivity index (χ3v) is 8.27. The fourth-order valence-corrected chi connectivity index (χ4v) is 5.93. The van der Waals surface area contributed by atoms with Crippen LogP contribution in [0.25, 0.3) is 32.3 Å². The summed E-state index contributed by atoms with van der Waals surface area (Å²) in [4.78, 5) is 0. The van der Waals surface area contributed by atoms with Gasteiger partial charge in [-0.2, -0.15) is 36.4 Å². The van der Waals surface area contributed by atoms with Crippen LogP contribution in [0.15, 0.2) is 91.0 Å². The van der Waals surface area contributed by atoms with Crippen LogP contribution in [0, 0.1) is 0 Å². The molecular weight excluding hydrogens is 718 g/mol. The predicted molar refractivity (Wildman–Crippen MR) is 175 cm³/mol. The Labute approximate surface area is 335 Å². The van der Waals surface area contributed by atoms with Crippen LogP contribution in [-0.4, -0.2) is 0 Å². The maximum absolute atomic E-state index is 2.27. The molecule has 0 unspecified atom stereocenters. The monoisotopic (exact) mass is 762 g/mol. The van der Waals surface area contributed by atoms with E-state index in [2.05, 4.69) is 133 Å². The van der Waals surface area contributed by atoms with Gasteiger partial charge in [0.1, 0.15) is 0 Å². The van der Waals surface area contributed by atoms with Crippen molar-refractivity contribution in [3.8, 4) is 0 Å². The van der Waals surface area contributed by atoms with Crippen LogP contribution in [0.4, 0.5) is 0 Å². The number of aryl methyl sites for hydroxylation is 6. The summed E-state index contributed by atoms with van der Waals surface area (Å²) >= 11 is 0. The number of benzene rings is 3. The van der Waals surface area contributed by atoms with Gasteiger partial charge >= 0.3 is 65.2 Å². The summed E-state index contributed by atoms with van der Waals surface area (Å²) in [5.74, 6) is 0. The number of halogens is 3. The molecule has 0 saturated carbocycles. The Bertz CT molecular complexity index is 1330. The van der Waals surface area contributed by atoms with Crippen molar-refractivity contribution in [1.82, 2.24) is 0 Å². The largest absolute Gasteiger partial charge is 2.00 e. The molecule has 6 aromatic carbocycles. The number of rotatable bonds is 6. The first-order valence-electron chi connectivity index (χ1n) is 15.1. The van der Waals surface area contributed by atoms with E-state index < -0.39 is 0 Å². The molecule has 6 heteroatoms. The summed E-state index contributed by atoms with van der Waals surface area (Å²) in [6, 6.07) is 33.4. The second kappa shape index (κ2) is 24.6. The van der Waals surface area contributed by atoms with Crippen LogP contribution in [0.2, 0.25) is 0 Å². The van der Waals surface area contributed by atoms with Crippen LogP contribution in [0.1, 0.15) is 74.9 Å². The Morgan fingerprint density at radius 2 is 0.533 bits per heavy atom. The SMILES string of the molecule is CCc1ccc(CC)c2[cH-]ccc12.CCc1ccc(CC)c2[cH-]ccc12.CCc1ccc(CC)c2[cH-]ccc12.[Cl-].[Cl-].[Cl-].[Ti+2].[Ti+2].[Ti+2]. The summed E-state index contributed by atoms with van der Waals surface area (Å²) in [5, 5.41) is 8.68. The maximum Gasteiger partial charge on any atom is 2.00 e. The van der Waals surface area contributed by atoms with Gasteiger partial charge in [-0.1, -0.05) is 95.7 Å². The summed E-state index contributed by atoms with van der Waals surface area (Å²) in [6.45, 7) is 13.3. The molecule has 6 aromatic rings. The molecule has 0 amide bonds. The van der Waals surface area contributed by atoms with Crippen LogP contribution in [0.3, 0.4) is 0 Å². The summed E-state index contributed by atoms with van der Waals surface area (Å²) < 4.78 is 0. The first kappa shape index (κ1) is 48.9. The van der Waals surface area contributed by atoms with E-state index in [0.717, 1.165) is 38.5 Å². The van der Waals surface area contributed by atoms with Crippen LogP contribution >= 0.6 is 0 Å². The Morgan fingerprint density at radius 3 is 0.733 bits per heavy atom. The van der Waals surface area contributed by atoms with Gasteiger partial charge < -0.3 is 37.2 Å². The van der Waals surface area contributed by atoms with E-state index in [9.17, 15) is 0 Å². The molecule has 0 radical (unpaired) electrons. The van der Waals surface area contributed by atoms with E-state index in [0.29, 0.717) is 0 Å². The maximum atomic E-state index is 2.27. The van der Waals surface area contributed by atoms with Crippen LogP contribution in [-0.2, 0) is 104 Å². The van der Waals surface area contributed by atoms with Crippen molar-refractivity contribution in [3.63, 3.8) is 0 Å². The normalized spacial score (nSPS) is 9.47. The molecule has 0 aliphatic carbocycles. The summed E-state index contributed by atoms with van der Waals surface area (Å²) in [5.41, 5.74) is 8.82. The van der Waals surface area contributed by atoms with Crippen molar-refractivity contribution in [2.24, 2.45) is 0 Å². The van der Waals surface area contributed by atoms with E-state index in [1.165, 1.54) is 65.7 Å². The predicted octanol–water partition coefficient (Wildman–Crippen LogP) is 2.06. The Kier molecular flexibility index (Phi) is 26.7. The Balaban J connectivity index is -0.000000551. The molecule has 0 nitrogen and oxygen atoms in total. The topological polar surface area (TPSA) is 0 Å². The molecule has 0 aliphatic rings. The van der Waals surface area contributed by atoms with Gasteiger partial charge in [-0.05, 0) is 19.3 Å². The standard InChI is InChI=1S/3C13H15.3ClH.3Ti/c3*1-3-10-8-9-11(4-2)13-7-5-6-12(10)13;;;;;;/h3*5-9H,3-4H2,1-2H3;3*1H;;;/q3*-1;;;;3*+2/p-3. The number of hydrogen-bond donors (Lipinski definition) is 0. The molecular formula is C39H45Cl3Ti3. The minimum Gasteiger partial charge on any atom is -1.00 e. The molecule has 45 heavy (non-hydrogen) atoms. The smallest absolute Gasteiger partial charge is 1.00 e. The molecule has 0 saturated heterocycles. The van der Waals surface area contributed by atoms with Crippen LogP contribution in [0.5, 0.6) is 0 Å². The van der Waals surface area contributed by atoms with Gasteiger partial charge in [0.05, 0.1) is 0 Å². The first-order valence-corrected chi connectivity index (χ1v) is 15.1. The van der Waals surface area contributed by atoms with Crippen molar-refractivity contribution in [3.05, 3.63) is 124 Å². The Hall–Kier alpha value is -0.497. The Morgan fingerprint density at radius 1 is 0.333 bits per heavy atom. The van der Waals surface area contributed by atoms with Crippen molar-refractivity contribution >= 4 is 32.3 Å². The van der Waals surface area contributed by atoms with Crippen molar-refractivity contribution in [2.75, 3.05) is 0 Å². The third-order valence-electron chi connectivity index (χ3n) is 8.27. The van der Waals surface area contributed by atoms with E-state index in [-0.39, 0.29) is 102 Å². The minimum absolute atomic E-state index is 0. The zero-order valence-corrected chi connectivity index (χ0v) is 34.5. The van der Waals surface area contributed by atoms with E-state index in [1.54, 1.807) is 0 Å². The van der Waals surface area contributed by atoms with Gasteiger partial charge in [0.15, 0.2) is 0 Å². The molecule has 0 heterocycles. The van der Waals surface area contributed by atoms with E-state index >= 15 is 0 Å². The average molecular weight is 764 g/mol. The summed E-state index contributed by atoms with van der Waals surface area (Å²) in [7, 11) is 0. The third kappa shape index (κ3) is 11.6. The van der Waals surface area contributed by atoms with Gasteiger partial charge in [0.25, 0.3) is 0 Å². The molecule has 0 N–H and O–H groups in total. The van der Waals surface area contributed by atoms with E-state index in [1.807, 2.05) is 0 Å². The molecule has 234 valence electrons. The number of hydrogen-bond acceptors (Lipinski definition) is 0. The van der Waals surface area contributed by atoms with Crippen LogP contribution < -0.4 is 37.2 Å². The van der Waals surface area contributed by atoms with Gasteiger partial charge in [-0.25, -0.2) is 0 Å². The molecule has 6 rings (SSSR count). The average Bonchev–Trinajstić information content (AvgIpc) is 3.77. The first-order chi connectivity index (χ1) is 19.1. The zero-order valence-electron chi connectivity index (χ0n) is 27.5. The van der Waals surface area contributed by atoms with Crippen molar-refractivity contribution in [2.45, 2.75) is 80.1 Å². The minimum atomic E-state index is 0. The second-order valence-electron chi connectivity index (χ2n) is 10.3. The van der Waals surface area contributed by atoms with E-state index in [4.69, 9.17) is 0 Å². The van der Waals surface area contributed by atoms with Gasteiger partial charge in [-0.15, -0.1) is 85.4 Å². The molecule has 0 spiro atoms. The summed E-state index contributed by atoms with van der Waals surface area (Å²) in [6.07, 6.45) is 6.78. The number of fused-ring (bicyclic) bond motifs is 3. The molecule has 0 aliphatic heterocycles. The molecule has 0 atom stereocenters. The quantitative estimate of drug-likeness (QED) is 0.180. The van der Waals surface area contributed by atoms with Gasteiger partial charge in [0, 0.05) is 0 Å². The molecule has 0 aromatic heterocycles. The van der Waals surface area contributed by atoms with Gasteiger partial charge in [-0.3, -0.25) is 0 Å². The molecule has 0 bridgehead atoms. The molecule has 0 fully saturated rings. The second-order valence-corrected chi connectivity index (χ2v) is 10.3. The van der Waals surface area contributed by atoms with Crippen molar-refractivity contribution in [1.29, 1.82) is 0 Å². The fraction of sp³-hybridized carbons (Fsp3) is 0.308. The van der Waals surface area contributed by atoms with Crippen molar-refractivity contribution < 1.29 is 102 Å². The van der Waals surface area contributed by atoms with Gasteiger partial charge in [0.2, 0.25) is 0 Å².